The van der Waals surface area contributed by atoms with E-state index in [1.54, 1.807) is 12.3 Å². The first kappa shape index (κ1) is 11.1. The molecule has 2 heterocycles. The zero-order valence-corrected chi connectivity index (χ0v) is 9.80. The highest BCUT2D eigenvalue weighted by Gasteiger charge is 2.19. The highest BCUT2D eigenvalue weighted by atomic mass is 35.5. The summed E-state index contributed by atoms with van der Waals surface area (Å²) in [4.78, 5) is 6.30. The van der Waals surface area contributed by atoms with Crippen molar-refractivity contribution in [3.8, 4) is 0 Å². The summed E-state index contributed by atoms with van der Waals surface area (Å²) < 4.78 is 0. The van der Waals surface area contributed by atoms with Gasteiger partial charge in [-0.15, -0.1) is 0 Å². The van der Waals surface area contributed by atoms with Crippen molar-refractivity contribution in [1.29, 1.82) is 0 Å². The molecule has 1 unspecified atom stereocenters. The number of nitrogens with zero attached hydrogens (tertiary/aromatic N) is 2. The van der Waals surface area contributed by atoms with Crippen molar-refractivity contribution < 1.29 is 0 Å². The van der Waals surface area contributed by atoms with Crippen molar-refractivity contribution in [3.63, 3.8) is 0 Å². The van der Waals surface area contributed by atoms with Crippen LogP contribution in [0.2, 0.25) is 10.2 Å². The van der Waals surface area contributed by atoms with E-state index in [4.69, 9.17) is 28.9 Å². The molecule has 2 N–H and O–H groups in total. The Labute approximate surface area is 99.2 Å². The molecule has 1 aromatic rings. The van der Waals surface area contributed by atoms with Crippen LogP contribution in [0.1, 0.15) is 12.0 Å². The molecular weight excluding hydrogens is 233 g/mol. The summed E-state index contributed by atoms with van der Waals surface area (Å²) in [5, 5.41) is 1.11. The third kappa shape index (κ3) is 2.82. The number of hydrogen-bond acceptors (Lipinski definition) is 3. The van der Waals surface area contributed by atoms with Crippen LogP contribution in [0.3, 0.4) is 0 Å². The van der Waals surface area contributed by atoms with Gasteiger partial charge < -0.3 is 5.73 Å². The molecule has 0 bridgehead atoms. The fourth-order valence-electron chi connectivity index (χ4n) is 1.80. The van der Waals surface area contributed by atoms with Gasteiger partial charge in [0.25, 0.3) is 0 Å². The Morgan fingerprint density at radius 3 is 2.93 bits per heavy atom. The lowest BCUT2D eigenvalue weighted by Gasteiger charge is -2.15. The second kappa shape index (κ2) is 4.66. The zero-order valence-electron chi connectivity index (χ0n) is 8.29. The van der Waals surface area contributed by atoms with Crippen LogP contribution in [-0.2, 0) is 6.54 Å². The van der Waals surface area contributed by atoms with Crippen LogP contribution in [-0.4, -0.2) is 29.0 Å². The van der Waals surface area contributed by atoms with Crippen molar-refractivity contribution in [1.82, 2.24) is 9.88 Å². The summed E-state index contributed by atoms with van der Waals surface area (Å²) in [5.41, 5.74) is 6.84. The van der Waals surface area contributed by atoms with Gasteiger partial charge in [-0.25, -0.2) is 4.98 Å². The molecule has 0 aromatic carbocycles. The molecule has 2 rings (SSSR count). The number of hydrogen-bond donors (Lipinski definition) is 1. The van der Waals surface area contributed by atoms with Crippen molar-refractivity contribution in [2.45, 2.75) is 19.0 Å². The van der Waals surface area contributed by atoms with Gasteiger partial charge in [0.2, 0.25) is 0 Å². The fourth-order valence-corrected chi connectivity index (χ4v) is 2.22. The van der Waals surface area contributed by atoms with E-state index in [-0.39, 0.29) is 0 Å². The van der Waals surface area contributed by atoms with Crippen LogP contribution < -0.4 is 5.73 Å². The Hall–Kier alpha value is -0.350. The Balaban J connectivity index is 2.04. The SMILES string of the molecule is NC1CCN(Cc2cnc(Cl)cc2Cl)C1. The molecule has 1 atom stereocenters. The van der Waals surface area contributed by atoms with Gasteiger partial charge in [0.15, 0.2) is 0 Å². The van der Waals surface area contributed by atoms with E-state index in [1.165, 1.54) is 0 Å². The van der Waals surface area contributed by atoms with Crippen LogP contribution in [0.4, 0.5) is 0 Å². The van der Waals surface area contributed by atoms with Gasteiger partial charge >= 0.3 is 0 Å². The van der Waals surface area contributed by atoms with Gasteiger partial charge in [-0.2, -0.15) is 0 Å². The third-order valence-electron chi connectivity index (χ3n) is 2.60. The van der Waals surface area contributed by atoms with Crippen molar-refractivity contribution >= 4 is 23.2 Å². The Kier molecular flexibility index (Phi) is 3.46. The molecule has 15 heavy (non-hydrogen) atoms. The number of pyridine rings is 1. The molecule has 1 fully saturated rings. The minimum atomic E-state index is 0.295. The van der Waals surface area contributed by atoms with Gasteiger partial charge in [0.1, 0.15) is 5.15 Å². The van der Waals surface area contributed by atoms with Crippen LogP contribution in [0.5, 0.6) is 0 Å². The summed E-state index contributed by atoms with van der Waals surface area (Å²) >= 11 is 11.8. The van der Waals surface area contributed by atoms with Crippen molar-refractivity contribution in [2.24, 2.45) is 5.73 Å². The van der Waals surface area contributed by atoms with Gasteiger partial charge in [0.05, 0.1) is 0 Å². The first-order valence-electron chi connectivity index (χ1n) is 4.93. The topological polar surface area (TPSA) is 42.1 Å². The Bertz CT molecular complexity index is 357. The second-order valence-corrected chi connectivity index (χ2v) is 4.68. The van der Waals surface area contributed by atoms with Crippen LogP contribution in [0, 0.1) is 0 Å². The molecular formula is C10H13Cl2N3. The normalized spacial score (nSPS) is 22.2. The predicted molar refractivity (Wildman–Crippen MR) is 62.1 cm³/mol. The van der Waals surface area contributed by atoms with Crippen molar-refractivity contribution in [3.05, 3.63) is 28.0 Å². The van der Waals surface area contributed by atoms with Crippen LogP contribution in [0.15, 0.2) is 12.3 Å². The van der Waals surface area contributed by atoms with Crippen LogP contribution in [0.25, 0.3) is 0 Å². The average Bonchev–Trinajstić information content (AvgIpc) is 2.56. The molecule has 1 aromatic heterocycles. The lowest BCUT2D eigenvalue weighted by atomic mass is 10.2. The maximum atomic E-state index is 6.06. The molecule has 82 valence electrons. The molecule has 3 nitrogen and oxygen atoms in total. The largest absolute Gasteiger partial charge is 0.326 e. The molecule has 1 aliphatic heterocycles. The summed E-state index contributed by atoms with van der Waals surface area (Å²) in [7, 11) is 0. The second-order valence-electron chi connectivity index (χ2n) is 3.88. The first-order valence-corrected chi connectivity index (χ1v) is 5.68. The lowest BCUT2D eigenvalue weighted by molar-refractivity contribution is 0.326. The predicted octanol–water partition coefficient (Wildman–Crippen LogP) is 1.92. The molecule has 0 radical (unpaired) electrons. The van der Waals surface area contributed by atoms with E-state index >= 15 is 0 Å². The summed E-state index contributed by atoms with van der Waals surface area (Å²) in [6.45, 7) is 2.76. The summed E-state index contributed by atoms with van der Waals surface area (Å²) in [5.74, 6) is 0. The van der Waals surface area contributed by atoms with E-state index in [2.05, 4.69) is 9.88 Å². The minimum Gasteiger partial charge on any atom is -0.326 e. The molecule has 0 amide bonds. The summed E-state index contributed by atoms with van der Waals surface area (Å²) in [6, 6.07) is 1.97. The summed E-state index contributed by atoms with van der Waals surface area (Å²) in [6.07, 6.45) is 2.78. The van der Waals surface area contributed by atoms with Gasteiger partial charge in [-0.1, -0.05) is 23.2 Å². The average molecular weight is 246 g/mol. The lowest BCUT2D eigenvalue weighted by Crippen LogP contribution is -2.26. The quantitative estimate of drug-likeness (QED) is 0.810. The monoisotopic (exact) mass is 245 g/mol. The standard InChI is InChI=1S/C10H13Cl2N3/c11-9-3-10(12)14-4-7(9)5-15-2-1-8(13)6-15/h3-4,8H,1-2,5-6,13H2. The minimum absolute atomic E-state index is 0.295. The van der Waals surface area contributed by atoms with Gasteiger partial charge in [-0.05, 0) is 12.5 Å². The van der Waals surface area contributed by atoms with Gasteiger partial charge in [0, 0.05) is 42.5 Å². The molecule has 1 saturated heterocycles. The highest BCUT2D eigenvalue weighted by molar-refractivity contribution is 6.34. The van der Waals surface area contributed by atoms with Crippen LogP contribution >= 0.6 is 23.2 Å². The number of aromatic nitrogens is 1. The molecule has 5 heteroatoms. The molecule has 0 aliphatic carbocycles. The van der Waals surface area contributed by atoms with E-state index in [1.807, 2.05) is 0 Å². The molecule has 0 saturated carbocycles. The van der Waals surface area contributed by atoms with E-state index in [0.717, 1.165) is 31.6 Å². The van der Waals surface area contributed by atoms with Crippen molar-refractivity contribution in [2.75, 3.05) is 13.1 Å². The Morgan fingerprint density at radius 1 is 1.53 bits per heavy atom. The first-order chi connectivity index (χ1) is 7.15. The maximum Gasteiger partial charge on any atom is 0.130 e. The van der Waals surface area contributed by atoms with E-state index in [0.29, 0.717) is 16.2 Å². The van der Waals surface area contributed by atoms with E-state index in [9.17, 15) is 0 Å². The smallest absolute Gasteiger partial charge is 0.130 e. The number of likely N-dealkylation sites (tertiary alicyclic amines) is 1. The maximum absolute atomic E-state index is 6.06. The number of halogens is 2. The highest BCUT2D eigenvalue weighted by Crippen LogP contribution is 2.21. The third-order valence-corrected chi connectivity index (χ3v) is 3.16. The Morgan fingerprint density at radius 2 is 2.33 bits per heavy atom. The van der Waals surface area contributed by atoms with Gasteiger partial charge in [-0.3, -0.25) is 4.90 Å². The zero-order chi connectivity index (χ0) is 10.8. The molecule has 1 aliphatic rings. The number of nitrogens with two attached hydrogens (primary N) is 1. The molecule has 0 spiro atoms. The van der Waals surface area contributed by atoms with E-state index < -0.39 is 0 Å². The number of rotatable bonds is 2. The fraction of sp³-hybridized carbons (Fsp3) is 0.500.